The molecule has 0 unspecified atom stereocenters. The maximum Gasteiger partial charge on any atom is 0.254 e. The summed E-state index contributed by atoms with van der Waals surface area (Å²) in [4.78, 5) is 29.8. The Labute approximate surface area is 206 Å². The van der Waals surface area contributed by atoms with E-state index < -0.39 is 0 Å². The SMILES string of the molecule is CC(=Cc1ccccc1)CN(CC1CCN(C(=O)C2CC2)CC1)C(=O)c1ccc(Cl)c(Cl)c1. The third-order valence-electron chi connectivity index (χ3n) is 6.44. The second-order valence-corrected chi connectivity index (χ2v) is 10.1. The maximum atomic E-state index is 13.5. The maximum absolute atomic E-state index is 13.5. The third-order valence-corrected chi connectivity index (χ3v) is 7.18. The number of hydrogen-bond acceptors (Lipinski definition) is 2. The summed E-state index contributed by atoms with van der Waals surface area (Å²) in [6, 6.07) is 15.2. The van der Waals surface area contributed by atoms with Gasteiger partial charge in [0.05, 0.1) is 10.0 Å². The van der Waals surface area contributed by atoms with Gasteiger partial charge in [-0.3, -0.25) is 9.59 Å². The largest absolute Gasteiger partial charge is 0.342 e. The minimum Gasteiger partial charge on any atom is -0.342 e. The van der Waals surface area contributed by atoms with Gasteiger partial charge in [-0.05, 0) is 62.3 Å². The molecule has 4 nitrogen and oxygen atoms in total. The Morgan fingerprint density at radius 1 is 1.00 bits per heavy atom. The molecule has 4 rings (SSSR count). The molecule has 2 aromatic carbocycles. The van der Waals surface area contributed by atoms with Crippen molar-refractivity contribution < 1.29 is 9.59 Å². The Morgan fingerprint density at radius 3 is 2.33 bits per heavy atom. The van der Waals surface area contributed by atoms with E-state index in [1.807, 2.05) is 28.0 Å². The van der Waals surface area contributed by atoms with Crippen LogP contribution in [0.2, 0.25) is 10.0 Å². The highest BCUT2D eigenvalue weighted by Gasteiger charge is 2.35. The van der Waals surface area contributed by atoms with E-state index in [1.54, 1.807) is 18.2 Å². The molecule has 0 atom stereocenters. The van der Waals surface area contributed by atoms with Gasteiger partial charge in [0, 0.05) is 37.7 Å². The third kappa shape index (κ3) is 6.39. The molecule has 174 valence electrons. The number of piperidine rings is 1. The van der Waals surface area contributed by atoms with Gasteiger partial charge in [0.1, 0.15) is 0 Å². The van der Waals surface area contributed by atoms with Crippen molar-refractivity contribution in [1.82, 2.24) is 9.80 Å². The molecule has 0 radical (unpaired) electrons. The number of benzene rings is 2. The second-order valence-electron chi connectivity index (χ2n) is 9.26. The summed E-state index contributed by atoms with van der Waals surface area (Å²) >= 11 is 12.3. The van der Waals surface area contributed by atoms with Crippen LogP contribution in [0.5, 0.6) is 0 Å². The van der Waals surface area contributed by atoms with Gasteiger partial charge in [-0.1, -0.05) is 65.2 Å². The molecule has 2 aromatic rings. The average Bonchev–Trinajstić information content (AvgIpc) is 3.66. The van der Waals surface area contributed by atoms with Crippen LogP contribution in [0, 0.1) is 11.8 Å². The van der Waals surface area contributed by atoms with Gasteiger partial charge in [-0.15, -0.1) is 0 Å². The van der Waals surface area contributed by atoms with Crippen LogP contribution in [-0.2, 0) is 4.79 Å². The van der Waals surface area contributed by atoms with Gasteiger partial charge in [0.2, 0.25) is 5.91 Å². The van der Waals surface area contributed by atoms with Gasteiger partial charge >= 0.3 is 0 Å². The van der Waals surface area contributed by atoms with E-state index in [2.05, 4.69) is 25.1 Å². The Bertz CT molecular complexity index is 1030. The monoisotopic (exact) mass is 484 g/mol. The molecule has 0 bridgehead atoms. The molecule has 0 N–H and O–H groups in total. The summed E-state index contributed by atoms with van der Waals surface area (Å²) in [7, 11) is 0. The molecule has 1 aliphatic carbocycles. The number of hydrogen-bond donors (Lipinski definition) is 0. The number of nitrogens with zero attached hydrogens (tertiary/aromatic N) is 2. The van der Waals surface area contributed by atoms with Gasteiger partial charge in [0.25, 0.3) is 5.91 Å². The van der Waals surface area contributed by atoms with Crippen molar-refractivity contribution in [3.05, 3.63) is 75.3 Å². The zero-order valence-electron chi connectivity index (χ0n) is 19.0. The summed E-state index contributed by atoms with van der Waals surface area (Å²) < 4.78 is 0. The van der Waals surface area contributed by atoms with Crippen molar-refractivity contribution in [2.45, 2.75) is 32.6 Å². The molecule has 2 aliphatic rings. The van der Waals surface area contributed by atoms with E-state index in [9.17, 15) is 9.59 Å². The molecule has 0 aromatic heterocycles. The molecular formula is C27H30Cl2N2O2. The minimum absolute atomic E-state index is 0.0501. The van der Waals surface area contributed by atoms with E-state index in [-0.39, 0.29) is 11.8 Å². The molecular weight excluding hydrogens is 455 g/mol. The first kappa shape index (κ1) is 23.8. The van der Waals surface area contributed by atoms with Crippen molar-refractivity contribution in [2.75, 3.05) is 26.2 Å². The number of likely N-dealkylation sites (tertiary alicyclic amines) is 1. The van der Waals surface area contributed by atoms with Crippen LogP contribution in [0.4, 0.5) is 0 Å². The average molecular weight is 485 g/mol. The zero-order valence-corrected chi connectivity index (χ0v) is 20.5. The first-order valence-electron chi connectivity index (χ1n) is 11.7. The van der Waals surface area contributed by atoms with E-state index in [1.165, 1.54) is 0 Å². The van der Waals surface area contributed by atoms with Gasteiger partial charge in [-0.2, -0.15) is 0 Å². The molecule has 2 amide bonds. The molecule has 1 heterocycles. The number of amides is 2. The van der Waals surface area contributed by atoms with Crippen molar-refractivity contribution in [3.8, 4) is 0 Å². The molecule has 33 heavy (non-hydrogen) atoms. The molecule has 0 spiro atoms. The number of carbonyl (C=O) groups excluding carboxylic acids is 2. The van der Waals surface area contributed by atoms with Crippen LogP contribution in [0.1, 0.15) is 48.5 Å². The number of rotatable bonds is 7. The van der Waals surface area contributed by atoms with Crippen LogP contribution in [0.15, 0.2) is 54.1 Å². The predicted octanol–water partition coefficient (Wildman–Crippen LogP) is 6.19. The molecule has 2 fully saturated rings. The van der Waals surface area contributed by atoms with E-state index in [4.69, 9.17) is 23.2 Å². The van der Waals surface area contributed by atoms with E-state index >= 15 is 0 Å². The van der Waals surface area contributed by atoms with Crippen molar-refractivity contribution >= 4 is 41.1 Å². The lowest BCUT2D eigenvalue weighted by Gasteiger charge is -2.35. The lowest BCUT2D eigenvalue weighted by atomic mass is 9.95. The minimum atomic E-state index is -0.0501. The summed E-state index contributed by atoms with van der Waals surface area (Å²) in [5, 5.41) is 0.818. The fraction of sp³-hybridized carbons (Fsp3) is 0.407. The summed E-state index contributed by atoms with van der Waals surface area (Å²) in [5.41, 5.74) is 2.76. The van der Waals surface area contributed by atoms with E-state index in [0.717, 1.165) is 49.9 Å². The Hall–Kier alpha value is -2.30. The van der Waals surface area contributed by atoms with Gasteiger partial charge < -0.3 is 9.80 Å². The van der Waals surface area contributed by atoms with E-state index in [0.29, 0.717) is 40.5 Å². The van der Waals surface area contributed by atoms with Crippen LogP contribution in [-0.4, -0.2) is 47.8 Å². The molecule has 6 heteroatoms. The van der Waals surface area contributed by atoms with Crippen molar-refractivity contribution in [1.29, 1.82) is 0 Å². The fourth-order valence-corrected chi connectivity index (χ4v) is 4.75. The first-order valence-corrected chi connectivity index (χ1v) is 12.4. The normalized spacial score (nSPS) is 17.2. The standard InChI is InChI=1S/C27H30Cl2N2O2/c1-19(15-20-5-3-2-4-6-20)17-31(27(33)23-9-10-24(28)25(29)16-23)18-21-11-13-30(14-12-21)26(32)22-7-8-22/h2-6,9-10,15-16,21-22H,7-8,11-14,17-18H2,1H3. The lowest BCUT2D eigenvalue weighted by Crippen LogP contribution is -2.43. The molecule has 1 aliphatic heterocycles. The summed E-state index contributed by atoms with van der Waals surface area (Å²) in [6.07, 6.45) is 6.04. The molecule has 1 saturated carbocycles. The highest BCUT2D eigenvalue weighted by atomic mass is 35.5. The topological polar surface area (TPSA) is 40.6 Å². The quantitative estimate of drug-likeness (QED) is 0.470. The smallest absolute Gasteiger partial charge is 0.254 e. The summed E-state index contributed by atoms with van der Waals surface area (Å²) in [6.45, 7) is 4.82. The first-order chi connectivity index (χ1) is 15.9. The highest BCUT2D eigenvalue weighted by Crippen LogP contribution is 2.33. The number of carbonyl (C=O) groups is 2. The zero-order chi connectivity index (χ0) is 23.4. The predicted molar refractivity (Wildman–Crippen MR) is 134 cm³/mol. The highest BCUT2D eigenvalue weighted by molar-refractivity contribution is 6.42. The number of halogens is 2. The second kappa shape index (κ2) is 10.8. The molecule has 1 saturated heterocycles. The van der Waals surface area contributed by atoms with Crippen LogP contribution in [0.3, 0.4) is 0 Å². The Morgan fingerprint density at radius 2 is 1.70 bits per heavy atom. The van der Waals surface area contributed by atoms with Crippen LogP contribution in [0.25, 0.3) is 6.08 Å². The summed E-state index contributed by atoms with van der Waals surface area (Å²) in [5.74, 6) is 0.897. The Kier molecular flexibility index (Phi) is 7.77. The van der Waals surface area contributed by atoms with Crippen molar-refractivity contribution in [3.63, 3.8) is 0 Å². The fourth-order valence-electron chi connectivity index (χ4n) is 4.45. The lowest BCUT2D eigenvalue weighted by molar-refractivity contribution is -0.134. The van der Waals surface area contributed by atoms with Crippen LogP contribution < -0.4 is 0 Å². The van der Waals surface area contributed by atoms with Gasteiger partial charge in [-0.25, -0.2) is 0 Å². The van der Waals surface area contributed by atoms with Crippen molar-refractivity contribution in [2.24, 2.45) is 11.8 Å². The van der Waals surface area contributed by atoms with Gasteiger partial charge in [0.15, 0.2) is 0 Å². The Balaban J connectivity index is 1.47. The van der Waals surface area contributed by atoms with Crippen LogP contribution >= 0.6 is 23.2 Å².